The molecule has 10 heteroatoms. The Labute approximate surface area is 176 Å². The predicted octanol–water partition coefficient (Wildman–Crippen LogP) is 3.73. The first-order chi connectivity index (χ1) is 14.2. The standard InChI is InChI=1S/C20H16N2O6S2/c1-12-9-13(4-7-18(12)30(21,25)26)16-6-5-14(28-16)10-17-19(23)22(20(24)29-17)11-15-3-2-8-27-15/h2-10H,11H2,1H3,(H2,21,25,26)/b17-10+. The van der Waals surface area contributed by atoms with Crippen molar-refractivity contribution in [2.24, 2.45) is 5.14 Å². The van der Waals surface area contributed by atoms with Crippen LogP contribution in [0.15, 0.2) is 67.4 Å². The van der Waals surface area contributed by atoms with Crippen molar-refractivity contribution in [1.29, 1.82) is 0 Å². The van der Waals surface area contributed by atoms with E-state index in [1.807, 2.05) is 0 Å². The smallest absolute Gasteiger partial charge is 0.293 e. The van der Waals surface area contributed by atoms with Crippen molar-refractivity contribution < 1.29 is 26.8 Å². The summed E-state index contributed by atoms with van der Waals surface area (Å²) in [5.41, 5.74) is 1.15. The van der Waals surface area contributed by atoms with E-state index < -0.39 is 15.9 Å². The molecule has 0 spiro atoms. The number of carbonyl (C=O) groups excluding carboxylic acids is 2. The quantitative estimate of drug-likeness (QED) is 0.595. The first kappa shape index (κ1) is 20.2. The summed E-state index contributed by atoms with van der Waals surface area (Å²) < 4.78 is 34.1. The number of imide groups is 1. The van der Waals surface area contributed by atoms with Crippen LogP contribution in [0.3, 0.4) is 0 Å². The zero-order valence-electron chi connectivity index (χ0n) is 15.7. The maximum Gasteiger partial charge on any atom is 0.293 e. The SMILES string of the molecule is Cc1cc(-c2ccc(/C=C3/SC(=O)N(Cc4ccco4)C3=O)o2)ccc1S(N)(=O)=O. The van der Waals surface area contributed by atoms with Crippen LogP contribution < -0.4 is 5.14 Å². The molecule has 8 nitrogen and oxygen atoms in total. The summed E-state index contributed by atoms with van der Waals surface area (Å²) in [5.74, 6) is 0.964. The third kappa shape index (κ3) is 3.97. The molecular formula is C20H16N2O6S2. The monoisotopic (exact) mass is 444 g/mol. The normalized spacial score (nSPS) is 16.1. The van der Waals surface area contributed by atoms with E-state index in [-0.39, 0.29) is 21.6 Å². The van der Waals surface area contributed by atoms with E-state index in [9.17, 15) is 18.0 Å². The largest absolute Gasteiger partial charge is 0.467 e. The molecule has 2 aromatic heterocycles. The lowest BCUT2D eigenvalue weighted by Crippen LogP contribution is -2.27. The van der Waals surface area contributed by atoms with Gasteiger partial charge in [0.05, 0.1) is 22.6 Å². The topological polar surface area (TPSA) is 124 Å². The Balaban J connectivity index is 1.56. The summed E-state index contributed by atoms with van der Waals surface area (Å²) >= 11 is 0.827. The molecule has 2 N–H and O–H groups in total. The number of benzene rings is 1. The average Bonchev–Trinajstić information content (AvgIpc) is 3.40. The van der Waals surface area contributed by atoms with Crippen molar-refractivity contribution in [2.75, 3.05) is 0 Å². The van der Waals surface area contributed by atoms with E-state index in [1.165, 1.54) is 18.4 Å². The van der Waals surface area contributed by atoms with Gasteiger partial charge in [-0.05, 0) is 66.7 Å². The van der Waals surface area contributed by atoms with Gasteiger partial charge in [-0.2, -0.15) is 0 Å². The Morgan fingerprint density at radius 2 is 1.97 bits per heavy atom. The van der Waals surface area contributed by atoms with E-state index in [0.717, 1.165) is 16.7 Å². The number of sulfonamides is 1. The van der Waals surface area contributed by atoms with E-state index in [1.54, 1.807) is 43.3 Å². The molecule has 30 heavy (non-hydrogen) atoms. The third-order valence-electron chi connectivity index (χ3n) is 4.43. The molecule has 1 aliphatic heterocycles. The van der Waals surface area contributed by atoms with Crippen LogP contribution in [0, 0.1) is 6.92 Å². The van der Waals surface area contributed by atoms with Gasteiger partial charge in [0.2, 0.25) is 10.0 Å². The molecule has 0 atom stereocenters. The summed E-state index contributed by atoms with van der Waals surface area (Å²) in [6.07, 6.45) is 2.98. The van der Waals surface area contributed by atoms with Gasteiger partial charge in [-0.3, -0.25) is 14.5 Å². The van der Waals surface area contributed by atoms with Gasteiger partial charge >= 0.3 is 0 Å². The lowest BCUT2D eigenvalue weighted by Gasteiger charge is -2.09. The minimum Gasteiger partial charge on any atom is -0.467 e. The van der Waals surface area contributed by atoms with E-state index in [4.69, 9.17) is 14.0 Å². The number of hydrogen-bond acceptors (Lipinski definition) is 7. The number of nitrogens with two attached hydrogens (primary N) is 1. The number of nitrogens with zero attached hydrogens (tertiary/aromatic N) is 1. The fourth-order valence-corrected chi connectivity index (χ4v) is 4.62. The van der Waals surface area contributed by atoms with Gasteiger partial charge in [0.15, 0.2) is 0 Å². The van der Waals surface area contributed by atoms with Gasteiger partial charge in [-0.25, -0.2) is 13.6 Å². The summed E-state index contributed by atoms with van der Waals surface area (Å²) in [6.45, 7) is 1.70. The highest BCUT2D eigenvalue weighted by Crippen LogP contribution is 2.34. The summed E-state index contributed by atoms with van der Waals surface area (Å²) in [4.78, 5) is 26.1. The highest BCUT2D eigenvalue weighted by molar-refractivity contribution is 8.18. The molecule has 1 aliphatic rings. The number of primary sulfonamides is 1. The second kappa shape index (κ2) is 7.63. The van der Waals surface area contributed by atoms with E-state index >= 15 is 0 Å². The van der Waals surface area contributed by atoms with Gasteiger partial charge in [-0.1, -0.05) is 0 Å². The molecule has 3 aromatic rings. The summed E-state index contributed by atoms with van der Waals surface area (Å²) in [7, 11) is -3.80. The molecule has 2 amide bonds. The van der Waals surface area contributed by atoms with Gasteiger partial charge in [0.1, 0.15) is 17.3 Å². The van der Waals surface area contributed by atoms with Gasteiger partial charge < -0.3 is 8.83 Å². The Bertz CT molecular complexity index is 1270. The van der Waals surface area contributed by atoms with Crippen molar-refractivity contribution in [3.8, 4) is 11.3 Å². The second-order valence-electron chi connectivity index (χ2n) is 6.57. The molecule has 1 fully saturated rings. The van der Waals surface area contributed by atoms with E-state index in [2.05, 4.69) is 0 Å². The zero-order chi connectivity index (χ0) is 21.5. The molecule has 1 saturated heterocycles. The van der Waals surface area contributed by atoms with Crippen molar-refractivity contribution in [1.82, 2.24) is 4.90 Å². The highest BCUT2D eigenvalue weighted by Gasteiger charge is 2.35. The maximum atomic E-state index is 12.6. The van der Waals surface area contributed by atoms with Crippen LogP contribution in [0.25, 0.3) is 17.4 Å². The number of amides is 2. The Hall–Kier alpha value is -3.08. The average molecular weight is 444 g/mol. The Morgan fingerprint density at radius 1 is 1.17 bits per heavy atom. The van der Waals surface area contributed by atoms with Crippen LogP contribution in [0.5, 0.6) is 0 Å². The fourth-order valence-electron chi connectivity index (χ4n) is 3.03. The fraction of sp³-hybridized carbons (Fsp3) is 0.100. The molecular weight excluding hydrogens is 428 g/mol. The molecule has 0 aliphatic carbocycles. The van der Waals surface area contributed by atoms with Crippen molar-refractivity contribution in [3.63, 3.8) is 0 Å². The number of rotatable bonds is 5. The van der Waals surface area contributed by atoms with Crippen LogP contribution in [0.1, 0.15) is 17.1 Å². The lowest BCUT2D eigenvalue weighted by atomic mass is 10.1. The minimum atomic E-state index is -3.80. The molecule has 0 bridgehead atoms. The third-order valence-corrected chi connectivity index (χ3v) is 6.41. The van der Waals surface area contributed by atoms with Crippen molar-refractivity contribution in [2.45, 2.75) is 18.4 Å². The second-order valence-corrected chi connectivity index (χ2v) is 9.10. The number of furan rings is 2. The zero-order valence-corrected chi connectivity index (χ0v) is 17.3. The number of thioether (sulfide) groups is 1. The van der Waals surface area contributed by atoms with Gasteiger partial charge in [0, 0.05) is 11.6 Å². The maximum absolute atomic E-state index is 12.6. The van der Waals surface area contributed by atoms with Crippen LogP contribution in [-0.2, 0) is 21.4 Å². The summed E-state index contributed by atoms with van der Waals surface area (Å²) in [6, 6.07) is 11.4. The predicted molar refractivity (Wildman–Crippen MR) is 110 cm³/mol. The van der Waals surface area contributed by atoms with Crippen LogP contribution >= 0.6 is 11.8 Å². The highest BCUT2D eigenvalue weighted by atomic mass is 32.2. The molecule has 154 valence electrons. The molecule has 4 rings (SSSR count). The van der Waals surface area contributed by atoms with Gasteiger partial charge in [-0.15, -0.1) is 0 Å². The molecule has 3 heterocycles. The van der Waals surface area contributed by atoms with Crippen molar-refractivity contribution >= 4 is 39.0 Å². The molecule has 0 radical (unpaired) electrons. The number of aryl methyl sites for hydroxylation is 1. The van der Waals surface area contributed by atoms with Crippen LogP contribution in [0.2, 0.25) is 0 Å². The number of hydrogen-bond donors (Lipinski definition) is 1. The molecule has 1 aromatic carbocycles. The first-order valence-corrected chi connectivity index (χ1v) is 11.1. The van der Waals surface area contributed by atoms with Crippen LogP contribution in [-0.4, -0.2) is 24.5 Å². The molecule has 0 unspecified atom stereocenters. The Kier molecular flexibility index (Phi) is 5.14. The van der Waals surface area contributed by atoms with Crippen LogP contribution in [0.4, 0.5) is 4.79 Å². The number of carbonyl (C=O) groups is 2. The lowest BCUT2D eigenvalue weighted by molar-refractivity contribution is -0.123. The Morgan fingerprint density at radius 3 is 2.63 bits per heavy atom. The van der Waals surface area contributed by atoms with Gasteiger partial charge in [0.25, 0.3) is 11.1 Å². The minimum absolute atomic E-state index is 0.0447. The van der Waals surface area contributed by atoms with E-state index in [0.29, 0.717) is 28.4 Å². The first-order valence-electron chi connectivity index (χ1n) is 8.74. The molecule has 0 saturated carbocycles. The summed E-state index contributed by atoms with van der Waals surface area (Å²) in [5, 5.41) is 4.80. The van der Waals surface area contributed by atoms with Crippen molar-refractivity contribution in [3.05, 3.63) is 70.7 Å².